The molecule has 1 unspecified atom stereocenters. The molecule has 296 valence electrons. The van der Waals surface area contributed by atoms with Crippen molar-refractivity contribution in [3.8, 4) is 6.07 Å². The minimum absolute atomic E-state index is 0.0309. The summed E-state index contributed by atoms with van der Waals surface area (Å²) in [6.07, 6.45) is 3.10. The Labute approximate surface area is 312 Å². The Morgan fingerprint density at radius 3 is 2.43 bits per heavy atom. The Hall–Kier alpha value is -3.78. The van der Waals surface area contributed by atoms with E-state index < -0.39 is 83.7 Å². The number of nitriles is 1. The van der Waals surface area contributed by atoms with Gasteiger partial charge in [-0.2, -0.15) is 5.26 Å². The van der Waals surface area contributed by atoms with Crippen molar-refractivity contribution in [2.45, 2.75) is 154 Å². The molecule has 0 aromatic rings. The Kier molecular flexibility index (Phi) is 13.9. The number of alkyl carbamates (subject to hydrolysis) is 1. The van der Waals surface area contributed by atoms with E-state index in [0.29, 0.717) is 12.3 Å². The number of nitrogens with one attached hydrogen (secondary N) is 3. The topological polar surface area (TPSA) is 210 Å². The lowest BCUT2D eigenvalue weighted by molar-refractivity contribution is -0.163. The molecule has 2 amide bonds. The summed E-state index contributed by atoms with van der Waals surface area (Å²) in [4.78, 5) is 57.0. The molecule has 4 aliphatic rings. The molecule has 0 aromatic carbocycles. The number of hydrazine groups is 1. The smallest absolute Gasteiger partial charge is 0.408 e. The minimum Gasteiger partial charge on any atom is -0.463 e. The number of amides is 2. The summed E-state index contributed by atoms with van der Waals surface area (Å²) in [5.74, 6) is -1.78. The van der Waals surface area contributed by atoms with E-state index in [2.05, 4.69) is 27.1 Å². The summed E-state index contributed by atoms with van der Waals surface area (Å²) >= 11 is 0. The van der Waals surface area contributed by atoms with Crippen LogP contribution in [0.3, 0.4) is 0 Å². The van der Waals surface area contributed by atoms with Crippen LogP contribution in [0.2, 0.25) is 0 Å². The third kappa shape index (κ3) is 10.3. The SMILES string of the molecule is CCOC(C)(C)C(=O)NC1=NCNN2C1=CCC2[C@]1(C#N)O[C@H](COC(=O)CC2CCCCCC2)[C@@H](OC(=O)[C@@H](NC(=O)OC(C)(C)C)C(C)C)[C@H]1O. The lowest BCUT2D eigenvalue weighted by Crippen LogP contribution is -2.62. The highest BCUT2D eigenvalue weighted by atomic mass is 16.6. The zero-order chi connectivity index (χ0) is 39.1. The molecule has 3 heterocycles. The summed E-state index contributed by atoms with van der Waals surface area (Å²) in [6, 6.07) is 0.0702. The fraction of sp³-hybridized carbons (Fsp3) is 0.784. The lowest BCUT2D eigenvalue weighted by Gasteiger charge is -2.40. The number of esters is 2. The van der Waals surface area contributed by atoms with Crippen molar-refractivity contribution in [1.29, 1.82) is 5.26 Å². The molecule has 0 radical (unpaired) electrons. The fourth-order valence-corrected chi connectivity index (χ4v) is 7.15. The molecule has 1 aliphatic carbocycles. The molecule has 0 aromatic heterocycles. The van der Waals surface area contributed by atoms with E-state index >= 15 is 0 Å². The van der Waals surface area contributed by atoms with Gasteiger partial charge < -0.3 is 39.4 Å². The van der Waals surface area contributed by atoms with Gasteiger partial charge in [0.2, 0.25) is 5.60 Å². The van der Waals surface area contributed by atoms with Crippen LogP contribution in [0, 0.1) is 23.2 Å². The van der Waals surface area contributed by atoms with Crippen LogP contribution in [0.5, 0.6) is 0 Å². The van der Waals surface area contributed by atoms with E-state index in [9.17, 15) is 29.5 Å². The minimum atomic E-state index is -2.02. The third-order valence-electron chi connectivity index (χ3n) is 9.93. The van der Waals surface area contributed by atoms with Gasteiger partial charge in [-0.15, -0.1) is 0 Å². The first-order valence-corrected chi connectivity index (χ1v) is 18.8. The van der Waals surface area contributed by atoms with Gasteiger partial charge in [0.25, 0.3) is 5.91 Å². The van der Waals surface area contributed by atoms with Gasteiger partial charge in [0.15, 0.2) is 11.9 Å². The quantitative estimate of drug-likeness (QED) is 0.129. The van der Waals surface area contributed by atoms with Crippen LogP contribution < -0.4 is 16.1 Å². The molecular weight excluding hydrogens is 688 g/mol. The number of hydrogen-bond acceptors (Lipinski definition) is 14. The number of rotatable bonds is 12. The number of aliphatic imine (C=N–C) groups is 1. The molecule has 16 nitrogen and oxygen atoms in total. The van der Waals surface area contributed by atoms with E-state index in [4.69, 9.17) is 23.7 Å². The van der Waals surface area contributed by atoms with E-state index in [-0.39, 0.29) is 31.3 Å². The standard InChI is InChI=1S/C37H58N6O10/c1-9-50-36(7,8)33(47)42-31-24-16-17-26(43(24)40-21-39-31)37(20-38)30(45)29(51-32(46)28(22(2)3)41-34(48)53-35(4,5)6)25(52-37)19-49-27(44)18-23-14-12-10-11-13-15-23/h16,22-23,25-26,28-30,40,45H,9-15,17-19,21H2,1-8H3,(H,41,48)(H,39,42,47)/t25-,26?,28+,29-,30-,37+/m1/s1. The molecule has 3 aliphatic heterocycles. The number of ether oxygens (including phenoxy) is 5. The number of aliphatic hydroxyl groups is 1. The van der Waals surface area contributed by atoms with E-state index in [0.717, 1.165) is 38.5 Å². The molecule has 6 atom stereocenters. The summed E-state index contributed by atoms with van der Waals surface area (Å²) in [7, 11) is 0. The van der Waals surface area contributed by atoms with Crippen molar-refractivity contribution in [1.82, 2.24) is 21.1 Å². The first-order chi connectivity index (χ1) is 24.9. The van der Waals surface area contributed by atoms with Gasteiger partial charge in [-0.05, 0) is 72.6 Å². The van der Waals surface area contributed by atoms with Crippen LogP contribution in [-0.2, 0) is 38.1 Å². The summed E-state index contributed by atoms with van der Waals surface area (Å²) in [5, 5.41) is 29.7. The first kappa shape index (κ1) is 42.0. The predicted octanol–water partition coefficient (Wildman–Crippen LogP) is 3.14. The van der Waals surface area contributed by atoms with Crippen LogP contribution >= 0.6 is 0 Å². The molecule has 0 spiro atoms. The largest absolute Gasteiger partial charge is 0.463 e. The highest BCUT2D eigenvalue weighted by molar-refractivity contribution is 6.09. The number of nitrogens with zero attached hydrogens (tertiary/aromatic N) is 3. The van der Waals surface area contributed by atoms with Crippen LogP contribution in [-0.4, -0.2) is 107 Å². The lowest BCUT2D eigenvalue weighted by atomic mass is 9.87. The van der Waals surface area contributed by atoms with Gasteiger partial charge in [-0.25, -0.2) is 20.0 Å². The van der Waals surface area contributed by atoms with Crippen LogP contribution in [0.4, 0.5) is 4.79 Å². The van der Waals surface area contributed by atoms with E-state index in [1.165, 1.54) is 0 Å². The van der Waals surface area contributed by atoms with Gasteiger partial charge in [0.1, 0.15) is 48.8 Å². The molecule has 53 heavy (non-hydrogen) atoms. The van der Waals surface area contributed by atoms with Crippen LogP contribution in [0.1, 0.15) is 107 Å². The van der Waals surface area contributed by atoms with Crippen LogP contribution in [0.25, 0.3) is 0 Å². The Morgan fingerprint density at radius 1 is 1.15 bits per heavy atom. The maximum Gasteiger partial charge on any atom is 0.408 e. The predicted molar refractivity (Wildman–Crippen MR) is 191 cm³/mol. The number of hydrogen-bond donors (Lipinski definition) is 4. The summed E-state index contributed by atoms with van der Waals surface area (Å²) in [6.45, 7) is 13.5. The highest BCUT2D eigenvalue weighted by Gasteiger charge is 2.64. The van der Waals surface area contributed by atoms with Gasteiger partial charge in [0.05, 0.1) is 11.7 Å². The van der Waals surface area contributed by atoms with Gasteiger partial charge in [0, 0.05) is 13.0 Å². The molecule has 0 bridgehead atoms. The van der Waals surface area contributed by atoms with Crippen molar-refractivity contribution in [2.24, 2.45) is 16.8 Å². The zero-order valence-corrected chi connectivity index (χ0v) is 32.4. The van der Waals surface area contributed by atoms with Crippen LogP contribution in [0.15, 0.2) is 16.8 Å². The highest BCUT2D eigenvalue weighted by Crippen LogP contribution is 2.42. The first-order valence-electron chi connectivity index (χ1n) is 18.8. The Morgan fingerprint density at radius 2 is 1.83 bits per heavy atom. The summed E-state index contributed by atoms with van der Waals surface area (Å²) in [5.41, 5.74) is -0.445. The van der Waals surface area contributed by atoms with E-state index in [1.54, 1.807) is 66.5 Å². The fourth-order valence-electron chi connectivity index (χ4n) is 7.15. The van der Waals surface area contributed by atoms with Crippen molar-refractivity contribution < 1.29 is 48.0 Å². The number of aliphatic hydroxyl groups excluding tert-OH is 1. The van der Waals surface area contributed by atoms with E-state index in [1.807, 2.05) is 0 Å². The zero-order valence-electron chi connectivity index (χ0n) is 32.4. The Balaban J connectivity index is 1.57. The second kappa shape index (κ2) is 17.6. The molecule has 16 heteroatoms. The monoisotopic (exact) mass is 746 g/mol. The molecular formula is C37H58N6O10. The average Bonchev–Trinajstić information content (AvgIpc) is 3.51. The number of fused-ring (bicyclic) bond motifs is 1. The second-order valence-electron chi connectivity index (χ2n) is 16.0. The van der Waals surface area contributed by atoms with Crippen molar-refractivity contribution in [3.05, 3.63) is 11.8 Å². The maximum atomic E-state index is 13.7. The maximum absolute atomic E-state index is 13.7. The van der Waals surface area contributed by atoms with Crippen molar-refractivity contribution in [2.75, 3.05) is 19.9 Å². The van der Waals surface area contributed by atoms with Gasteiger partial charge in [-0.1, -0.05) is 45.6 Å². The van der Waals surface area contributed by atoms with Crippen molar-refractivity contribution >= 4 is 29.8 Å². The second-order valence-corrected chi connectivity index (χ2v) is 16.0. The van der Waals surface area contributed by atoms with Crippen molar-refractivity contribution in [3.63, 3.8) is 0 Å². The number of carbonyl (C=O) groups is 4. The molecule has 1 saturated heterocycles. The average molecular weight is 747 g/mol. The molecule has 1 saturated carbocycles. The van der Waals surface area contributed by atoms with Gasteiger partial charge in [-0.3, -0.25) is 14.6 Å². The number of carbonyl (C=O) groups excluding carboxylic acids is 4. The molecule has 4 N–H and O–H groups in total. The number of amidine groups is 1. The summed E-state index contributed by atoms with van der Waals surface area (Å²) < 4.78 is 28.9. The Bertz CT molecular complexity index is 1440. The third-order valence-corrected chi connectivity index (χ3v) is 9.93. The van der Waals surface area contributed by atoms with Gasteiger partial charge >= 0.3 is 18.0 Å². The normalized spacial score (nSPS) is 27.1. The molecule has 4 rings (SSSR count). The molecule has 2 fully saturated rings.